The van der Waals surface area contributed by atoms with E-state index in [4.69, 9.17) is 14.8 Å². The third-order valence-electron chi connectivity index (χ3n) is 7.71. The fourth-order valence-corrected chi connectivity index (χ4v) is 5.62. The van der Waals surface area contributed by atoms with Gasteiger partial charge in [-0.3, -0.25) is 4.90 Å². The van der Waals surface area contributed by atoms with Gasteiger partial charge >= 0.3 is 0 Å². The van der Waals surface area contributed by atoms with Gasteiger partial charge in [0.2, 0.25) is 0 Å². The molecule has 2 saturated heterocycles. The first kappa shape index (κ1) is 23.4. The van der Waals surface area contributed by atoms with Gasteiger partial charge in [-0.25, -0.2) is 9.37 Å². The molecule has 0 saturated carbocycles. The Kier molecular flexibility index (Phi) is 5.94. The van der Waals surface area contributed by atoms with Gasteiger partial charge in [-0.15, -0.1) is 0 Å². The lowest BCUT2D eigenvalue weighted by molar-refractivity contribution is -0.0137. The maximum Gasteiger partial charge on any atom is 0.158 e. The number of nitrogens with zero attached hydrogens (tertiary/aromatic N) is 5. The van der Waals surface area contributed by atoms with E-state index < -0.39 is 5.60 Å². The molecule has 3 aromatic heterocycles. The molecule has 36 heavy (non-hydrogen) atoms. The van der Waals surface area contributed by atoms with Crippen LogP contribution in [0.1, 0.15) is 32.4 Å². The number of hydrogen-bond acceptors (Lipinski definition) is 6. The number of H-pyrrole nitrogens is 1. The van der Waals surface area contributed by atoms with Gasteiger partial charge in [0.15, 0.2) is 5.65 Å². The number of aliphatic hydroxyl groups is 1. The second-order valence-corrected chi connectivity index (χ2v) is 10.6. The first-order chi connectivity index (χ1) is 17.4. The number of nitrogens with one attached hydrogen (secondary N) is 1. The molecule has 2 aliphatic rings. The minimum atomic E-state index is -0.639. The van der Waals surface area contributed by atoms with Crippen LogP contribution in [0.25, 0.3) is 27.8 Å². The predicted octanol–water partition coefficient (Wildman–Crippen LogP) is 3.84. The van der Waals surface area contributed by atoms with E-state index in [1.54, 1.807) is 6.07 Å². The second kappa shape index (κ2) is 9.14. The van der Waals surface area contributed by atoms with Crippen molar-refractivity contribution < 1.29 is 14.2 Å². The van der Waals surface area contributed by atoms with Crippen molar-refractivity contribution in [1.82, 2.24) is 24.5 Å². The SMILES string of the molecule is CC(C)(O)C1CCN(Cc2cc3nc(-c4c(F)ccc5[nH]ccc45)cc(N4CCOCC4)n3n2)CC1. The number of likely N-dealkylation sites (tertiary alicyclic amines) is 1. The molecule has 190 valence electrons. The number of piperidine rings is 1. The van der Waals surface area contributed by atoms with E-state index in [0.29, 0.717) is 36.0 Å². The summed E-state index contributed by atoms with van der Waals surface area (Å²) >= 11 is 0. The summed E-state index contributed by atoms with van der Waals surface area (Å²) in [5, 5.41) is 16.1. The molecular formula is C27H33FN6O2. The summed E-state index contributed by atoms with van der Waals surface area (Å²) in [6, 6.07) is 9.12. The Bertz CT molecular complexity index is 1380. The Hall–Kier alpha value is -3.01. The van der Waals surface area contributed by atoms with Gasteiger partial charge in [0.1, 0.15) is 11.6 Å². The molecule has 0 radical (unpaired) electrons. The van der Waals surface area contributed by atoms with Crippen molar-refractivity contribution in [2.75, 3.05) is 44.3 Å². The van der Waals surface area contributed by atoms with Gasteiger partial charge in [0.25, 0.3) is 0 Å². The highest BCUT2D eigenvalue weighted by Gasteiger charge is 2.31. The van der Waals surface area contributed by atoms with E-state index in [1.807, 2.05) is 42.8 Å². The fourth-order valence-electron chi connectivity index (χ4n) is 5.62. The zero-order valence-electron chi connectivity index (χ0n) is 20.9. The van der Waals surface area contributed by atoms with Crippen LogP contribution in [0.15, 0.2) is 36.5 Å². The topological polar surface area (TPSA) is 81.9 Å². The van der Waals surface area contributed by atoms with Crippen molar-refractivity contribution in [2.45, 2.75) is 38.8 Å². The number of fused-ring (bicyclic) bond motifs is 2. The largest absolute Gasteiger partial charge is 0.390 e. The van der Waals surface area contributed by atoms with E-state index in [0.717, 1.165) is 68.0 Å². The van der Waals surface area contributed by atoms with Crippen LogP contribution < -0.4 is 4.90 Å². The van der Waals surface area contributed by atoms with Crippen LogP contribution in [0.4, 0.5) is 10.2 Å². The highest BCUT2D eigenvalue weighted by Crippen LogP contribution is 2.33. The summed E-state index contributed by atoms with van der Waals surface area (Å²) in [5.74, 6) is 0.927. The standard InChI is InChI=1S/C27H33FN6O2/c1-27(2,35)18-6-9-32(10-7-18)17-19-15-24-30-23(26-20-5-8-29-22(20)4-3-21(26)28)16-25(34(24)31-19)33-11-13-36-14-12-33/h3-5,8,15-16,18,29,35H,6-7,9-14,17H2,1-2H3. The average Bonchev–Trinajstić information content (AvgIpc) is 3.50. The van der Waals surface area contributed by atoms with E-state index in [1.165, 1.54) is 6.07 Å². The maximum atomic E-state index is 15.2. The number of anilines is 1. The summed E-state index contributed by atoms with van der Waals surface area (Å²) in [4.78, 5) is 12.7. The lowest BCUT2D eigenvalue weighted by atomic mass is 9.83. The quantitative estimate of drug-likeness (QED) is 0.441. The minimum absolute atomic E-state index is 0.290. The van der Waals surface area contributed by atoms with E-state index in [9.17, 15) is 5.11 Å². The minimum Gasteiger partial charge on any atom is -0.390 e. The molecule has 2 N–H and O–H groups in total. The number of aromatic amines is 1. The molecule has 5 heterocycles. The van der Waals surface area contributed by atoms with Crippen LogP contribution in [0, 0.1) is 11.7 Å². The third-order valence-corrected chi connectivity index (χ3v) is 7.71. The third kappa shape index (κ3) is 4.36. The molecule has 2 aliphatic heterocycles. The van der Waals surface area contributed by atoms with Crippen LogP contribution in [0.3, 0.4) is 0 Å². The number of morpholine rings is 1. The Morgan fingerprint density at radius 2 is 1.89 bits per heavy atom. The second-order valence-electron chi connectivity index (χ2n) is 10.6. The van der Waals surface area contributed by atoms with Crippen molar-refractivity contribution in [1.29, 1.82) is 0 Å². The Morgan fingerprint density at radius 1 is 1.11 bits per heavy atom. The van der Waals surface area contributed by atoms with E-state index in [-0.39, 0.29) is 5.82 Å². The number of benzene rings is 1. The molecule has 1 aromatic carbocycles. The molecule has 0 bridgehead atoms. The smallest absolute Gasteiger partial charge is 0.158 e. The van der Waals surface area contributed by atoms with Gasteiger partial charge in [0, 0.05) is 54.4 Å². The molecule has 4 aromatic rings. The summed E-state index contributed by atoms with van der Waals surface area (Å²) in [6.45, 7) is 9.17. The van der Waals surface area contributed by atoms with Crippen LogP contribution >= 0.6 is 0 Å². The summed E-state index contributed by atoms with van der Waals surface area (Å²) in [6.07, 6.45) is 3.77. The zero-order valence-corrected chi connectivity index (χ0v) is 20.9. The van der Waals surface area contributed by atoms with E-state index >= 15 is 4.39 Å². The summed E-state index contributed by atoms with van der Waals surface area (Å²) in [7, 11) is 0. The summed E-state index contributed by atoms with van der Waals surface area (Å²) in [5.41, 5.74) is 3.00. The Labute approximate surface area is 209 Å². The van der Waals surface area contributed by atoms with E-state index in [2.05, 4.69) is 14.8 Å². The number of aromatic nitrogens is 4. The summed E-state index contributed by atoms with van der Waals surface area (Å²) < 4.78 is 22.6. The fraction of sp³-hybridized carbons (Fsp3) is 0.481. The van der Waals surface area contributed by atoms with Crippen LogP contribution in [-0.4, -0.2) is 74.6 Å². The van der Waals surface area contributed by atoms with Gasteiger partial charge in [-0.05, 0) is 63.9 Å². The predicted molar refractivity (Wildman–Crippen MR) is 138 cm³/mol. The number of ether oxygens (including phenoxy) is 1. The molecule has 0 amide bonds. The number of halogens is 1. The highest BCUT2D eigenvalue weighted by atomic mass is 19.1. The molecule has 8 nitrogen and oxygen atoms in total. The van der Waals surface area contributed by atoms with Crippen LogP contribution in [0.5, 0.6) is 0 Å². The molecular weight excluding hydrogens is 459 g/mol. The molecule has 9 heteroatoms. The monoisotopic (exact) mass is 492 g/mol. The molecule has 0 unspecified atom stereocenters. The van der Waals surface area contributed by atoms with Crippen molar-refractivity contribution in [2.24, 2.45) is 5.92 Å². The Balaban J connectivity index is 1.37. The van der Waals surface area contributed by atoms with Crippen molar-refractivity contribution in [3.8, 4) is 11.3 Å². The first-order valence-corrected chi connectivity index (χ1v) is 12.8. The molecule has 2 fully saturated rings. The van der Waals surface area contributed by atoms with Crippen LogP contribution in [0.2, 0.25) is 0 Å². The van der Waals surface area contributed by atoms with Crippen molar-refractivity contribution in [3.63, 3.8) is 0 Å². The number of hydrogen-bond donors (Lipinski definition) is 2. The molecule has 0 atom stereocenters. The maximum absolute atomic E-state index is 15.2. The number of rotatable bonds is 5. The lowest BCUT2D eigenvalue weighted by Gasteiger charge is -2.37. The van der Waals surface area contributed by atoms with Crippen molar-refractivity contribution in [3.05, 3.63) is 48.0 Å². The van der Waals surface area contributed by atoms with Gasteiger partial charge in [0.05, 0.1) is 30.2 Å². The normalized spacial score (nSPS) is 18.5. The van der Waals surface area contributed by atoms with Gasteiger partial charge < -0.3 is 19.7 Å². The molecule has 0 spiro atoms. The van der Waals surface area contributed by atoms with Crippen molar-refractivity contribution >= 4 is 22.4 Å². The molecule has 0 aliphatic carbocycles. The average molecular weight is 493 g/mol. The zero-order chi connectivity index (χ0) is 24.9. The van der Waals surface area contributed by atoms with Gasteiger partial charge in [-0.2, -0.15) is 9.61 Å². The lowest BCUT2D eigenvalue weighted by Crippen LogP contribution is -2.41. The van der Waals surface area contributed by atoms with Crippen LogP contribution in [-0.2, 0) is 11.3 Å². The Morgan fingerprint density at radius 3 is 2.64 bits per heavy atom. The highest BCUT2D eigenvalue weighted by molar-refractivity contribution is 5.95. The first-order valence-electron chi connectivity index (χ1n) is 12.8. The molecule has 6 rings (SSSR count). The van der Waals surface area contributed by atoms with Gasteiger partial charge in [-0.1, -0.05) is 0 Å².